The number of nitrogens with zero attached hydrogens (tertiary/aromatic N) is 3. The minimum absolute atomic E-state index is 0.107. The Labute approximate surface area is 151 Å². The van der Waals surface area contributed by atoms with E-state index in [-0.39, 0.29) is 11.4 Å². The third-order valence-corrected chi connectivity index (χ3v) is 4.33. The number of unbranched alkanes of at least 4 members (excludes halogenated alkanes) is 1. The molecule has 0 aliphatic heterocycles. The molecule has 5 heteroatoms. The van der Waals surface area contributed by atoms with Gasteiger partial charge in [0.2, 0.25) is 0 Å². The van der Waals surface area contributed by atoms with E-state index in [1.165, 1.54) is 0 Å². The molecule has 0 aliphatic rings. The average molecular weight is 345 g/mol. The first-order valence-corrected chi connectivity index (χ1v) is 8.49. The highest BCUT2D eigenvalue weighted by atomic mass is 16.3. The second-order valence-electron chi connectivity index (χ2n) is 6.43. The standard InChI is InChI=1S/C21H19N3O2/c1-13(2)23-19-16(9-5-6-10-22)21(25)18-12-15-8-4-3-7-14(15)11-17(18)20(19)24-26/h3-4,7-8,11-12,25H,5-6,9H2,1-2H3. The van der Waals surface area contributed by atoms with E-state index in [1.807, 2.05) is 50.2 Å². The Balaban J connectivity index is 2.40. The lowest BCUT2D eigenvalue weighted by molar-refractivity contribution is 0.474. The van der Waals surface area contributed by atoms with E-state index in [4.69, 9.17) is 5.26 Å². The van der Waals surface area contributed by atoms with Crippen LogP contribution in [0.25, 0.3) is 21.5 Å². The number of nitroso groups, excluding NO2 is 1. The highest BCUT2D eigenvalue weighted by molar-refractivity contribution is 6.10. The fraction of sp³-hybridized carbons (Fsp3) is 0.238. The summed E-state index contributed by atoms with van der Waals surface area (Å²) in [5, 5.41) is 26.1. The smallest absolute Gasteiger partial charge is 0.141 e. The SMILES string of the molecule is CC(C)=Nc1c(CCCC#N)c(O)c2cc3ccccc3cc2c1N=O. The Kier molecular flexibility index (Phi) is 4.94. The highest BCUT2D eigenvalue weighted by Gasteiger charge is 2.20. The molecule has 0 heterocycles. The summed E-state index contributed by atoms with van der Waals surface area (Å²) in [6, 6.07) is 13.6. The Morgan fingerprint density at radius 3 is 2.35 bits per heavy atom. The molecule has 0 aromatic heterocycles. The average Bonchev–Trinajstić information content (AvgIpc) is 2.63. The van der Waals surface area contributed by atoms with Gasteiger partial charge in [-0.3, -0.25) is 4.99 Å². The first-order chi connectivity index (χ1) is 12.6. The van der Waals surface area contributed by atoms with Crippen LogP contribution < -0.4 is 0 Å². The lowest BCUT2D eigenvalue weighted by atomic mass is 9.95. The zero-order valence-electron chi connectivity index (χ0n) is 14.8. The molecule has 0 saturated heterocycles. The summed E-state index contributed by atoms with van der Waals surface area (Å²) < 4.78 is 0. The van der Waals surface area contributed by atoms with Crippen molar-refractivity contribution >= 4 is 38.6 Å². The van der Waals surface area contributed by atoms with Crippen molar-refractivity contribution < 1.29 is 5.11 Å². The molecule has 0 spiro atoms. The molecule has 0 amide bonds. The lowest BCUT2D eigenvalue weighted by Crippen LogP contribution is -1.92. The van der Waals surface area contributed by atoms with Crippen LogP contribution >= 0.6 is 0 Å². The molecule has 130 valence electrons. The minimum atomic E-state index is 0.107. The molecular formula is C21H19N3O2. The molecule has 5 nitrogen and oxygen atoms in total. The fourth-order valence-corrected chi connectivity index (χ4v) is 3.19. The van der Waals surface area contributed by atoms with Crippen LogP contribution in [0.1, 0.15) is 32.3 Å². The van der Waals surface area contributed by atoms with Crippen LogP contribution in [-0.4, -0.2) is 10.8 Å². The monoisotopic (exact) mass is 345 g/mol. The van der Waals surface area contributed by atoms with Crippen LogP contribution in [0.4, 0.5) is 11.4 Å². The van der Waals surface area contributed by atoms with Gasteiger partial charge >= 0.3 is 0 Å². The summed E-state index contributed by atoms with van der Waals surface area (Å²) in [6.07, 6.45) is 1.40. The molecule has 0 bridgehead atoms. The zero-order chi connectivity index (χ0) is 18.7. The molecular weight excluding hydrogens is 326 g/mol. The summed E-state index contributed by atoms with van der Waals surface area (Å²) in [5.41, 5.74) is 1.96. The molecule has 0 radical (unpaired) electrons. The molecule has 0 atom stereocenters. The Morgan fingerprint density at radius 2 is 1.77 bits per heavy atom. The Morgan fingerprint density at radius 1 is 1.12 bits per heavy atom. The molecule has 3 aromatic rings. The van der Waals surface area contributed by atoms with Gasteiger partial charge in [-0.15, -0.1) is 4.91 Å². The third kappa shape index (κ3) is 3.14. The van der Waals surface area contributed by atoms with Gasteiger partial charge in [0, 0.05) is 28.5 Å². The molecule has 0 saturated carbocycles. The van der Waals surface area contributed by atoms with Gasteiger partial charge in [-0.25, -0.2) is 0 Å². The minimum Gasteiger partial charge on any atom is -0.507 e. The van der Waals surface area contributed by atoms with Crippen LogP contribution in [0, 0.1) is 16.2 Å². The van der Waals surface area contributed by atoms with Crippen molar-refractivity contribution in [2.45, 2.75) is 33.1 Å². The quantitative estimate of drug-likeness (QED) is 0.264. The van der Waals surface area contributed by atoms with Gasteiger partial charge in [0.25, 0.3) is 0 Å². The molecule has 0 unspecified atom stereocenters. The number of phenols is 1. The molecule has 3 rings (SSSR count). The van der Waals surface area contributed by atoms with E-state index in [9.17, 15) is 10.0 Å². The van der Waals surface area contributed by atoms with E-state index in [0.29, 0.717) is 41.3 Å². The van der Waals surface area contributed by atoms with E-state index in [1.54, 1.807) is 0 Å². The summed E-state index contributed by atoms with van der Waals surface area (Å²) in [4.78, 5) is 16.2. The van der Waals surface area contributed by atoms with Crippen LogP contribution in [-0.2, 0) is 6.42 Å². The van der Waals surface area contributed by atoms with Crippen LogP contribution in [0.3, 0.4) is 0 Å². The zero-order valence-corrected chi connectivity index (χ0v) is 14.8. The van der Waals surface area contributed by atoms with Gasteiger partial charge in [0.05, 0.1) is 11.8 Å². The third-order valence-electron chi connectivity index (χ3n) is 4.33. The number of fused-ring (bicyclic) bond motifs is 2. The summed E-state index contributed by atoms with van der Waals surface area (Å²) >= 11 is 0. The fourth-order valence-electron chi connectivity index (χ4n) is 3.19. The molecule has 3 aromatic carbocycles. The van der Waals surface area contributed by atoms with Crippen LogP contribution in [0.15, 0.2) is 46.6 Å². The van der Waals surface area contributed by atoms with Gasteiger partial charge in [-0.2, -0.15) is 5.26 Å². The lowest BCUT2D eigenvalue weighted by Gasteiger charge is -2.15. The second-order valence-corrected chi connectivity index (χ2v) is 6.43. The van der Waals surface area contributed by atoms with Gasteiger partial charge in [-0.05, 0) is 54.8 Å². The van der Waals surface area contributed by atoms with Gasteiger partial charge in [-0.1, -0.05) is 24.3 Å². The number of hydrogen-bond donors (Lipinski definition) is 1. The van der Waals surface area contributed by atoms with Crippen molar-refractivity contribution in [3.63, 3.8) is 0 Å². The maximum absolute atomic E-state index is 11.7. The first kappa shape index (κ1) is 17.6. The number of aliphatic imine (C=N–C) groups is 1. The Hall–Kier alpha value is -3.26. The van der Waals surface area contributed by atoms with Crippen LogP contribution in [0.2, 0.25) is 0 Å². The predicted octanol–water partition coefficient (Wildman–Crippen LogP) is 6.06. The molecule has 1 N–H and O–H groups in total. The maximum atomic E-state index is 11.7. The van der Waals surface area contributed by atoms with Crippen LogP contribution in [0.5, 0.6) is 5.75 Å². The number of aromatic hydroxyl groups is 1. The Bertz CT molecular complexity index is 1070. The van der Waals surface area contributed by atoms with Crippen molar-refractivity contribution in [3.8, 4) is 11.8 Å². The largest absolute Gasteiger partial charge is 0.507 e. The summed E-state index contributed by atoms with van der Waals surface area (Å²) in [5.74, 6) is 0.107. The topological polar surface area (TPSA) is 85.8 Å². The van der Waals surface area contributed by atoms with E-state index < -0.39 is 0 Å². The maximum Gasteiger partial charge on any atom is 0.141 e. The van der Waals surface area contributed by atoms with Gasteiger partial charge in [0.1, 0.15) is 11.4 Å². The van der Waals surface area contributed by atoms with Gasteiger partial charge < -0.3 is 5.11 Å². The number of nitriles is 1. The second kappa shape index (κ2) is 7.32. The van der Waals surface area contributed by atoms with Crippen molar-refractivity contribution in [2.75, 3.05) is 0 Å². The summed E-state index contributed by atoms with van der Waals surface area (Å²) in [6.45, 7) is 3.66. The number of benzene rings is 3. The van der Waals surface area contributed by atoms with E-state index in [0.717, 1.165) is 16.5 Å². The number of phenolic OH excluding ortho intramolecular Hbond substituents is 1. The normalized spacial score (nSPS) is 10.7. The number of hydrogen-bond acceptors (Lipinski definition) is 5. The van der Waals surface area contributed by atoms with E-state index in [2.05, 4.69) is 16.2 Å². The summed E-state index contributed by atoms with van der Waals surface area (Å²) in [7, 11) is 0. The van der Waals surface area contributed by atoms with Crippen molar-refractivity contribution in [2.24, 2.45) is 10.2 Å². The van der Waals surface area contributed by atoms with Crippen molar-refractivity contribution in [3.05, 3.63) is 46.9 Å². The first-order valence-electron chi connectivity index (χ1n) is 8.49. The number of rotatable bonds is 5. The van der Waals surface area contributed by atoms with Gasteiger partial charge in [0.15, 0.2) is 0 Å². The predicted molar refractivity (Wildman–Crippen MR) is 106 cm³/mol. The van der Waals surface area contributed by atoms with Crippen molar-refractivity contribution in [1.82, 2.24) is 0 Å². The van der Waals surface area contributed by atoms with Crippen molar-refractivity contribution in [1.29, 1.82) is 5.26 Å². The molecule has 0 fully saturated rings. The molecule has 0 aliphatic carbocycles. The molecule has 26 heavy (non-hydrogen) atoms. The van der Waals surface area contributed by atoms with E-state index >= 15 is 0 Å². The highest BCUT2D eigenvalue weighted by Crippen LogP contribution is 2.47.